The summed E-state index contributed by atoms with van der Waals surface area (Å²) in [7, 11) is 0. The Morgan fingerprint density at radius 3 is 2.91 bits per heavy atom. The van der Waals surface area contributed by atoms with Crippen molar-refractivity contribution in [2.75, 3.05) is 39.6 Å². The molecule has 3 aliphatic heterocycles. The third-order valence-electron chi connectivity index (χ3n) is 5.28. The lowest BCUT2D eigenvalue weighted by atomic mass is 10.00. The first-order valence-corrected chi connectivity index (χ1v) is 8.43. The first kappa shape index (κ1) is 14.7. The molecule has 0 aliphatic carbocycles. The lowest BCUT2D eigenvalue weighted by Gasteiger charge is -2.25. The van der Waals surface area contributed by atoms with Gasteiger partial charge in [-0.3, -0.25) is 4.90 Å². The van der Waals surface area contributed by atoms with Crippen LogP contribution in [0, 0.1) is 11.8 Å². The molecule has 1 aromatic rings. The van der Waals surface area contributed by atoms with Crippen LogP contribution in [0.15, 0.2) is 22.8 Å². The van der Waals surface area contributed by atoms with Gasteiger partial charge in [-0.2, -0.15) is 0 Å². The van der Waals surface area contributed by atoms with Crippen LogP contribution in [0.5, 0.6) is 0 Å². The van der Waals surface area contributed by atoms with E-state index in [4.69, 9.17) is 18.6 Å². The van der Waals surface area contributed by atoms with Crippen molar-refractivity contribution in [3.05, 3.63) is 24.2 Å². The van der Waals surface area contributed by atoms with Crippen molar-refractivity contribution in [1.29, 1.82) is 0 Å². The van der Waals surface area contributed by atoms with Crippen molar-refractivity contribution in [2.45, 2.75) is 31.5 Å². The van der Waals surface area contributed by atoms with Crippen LogP contribution < -0.4 is 0 Å². The number of ether oxygens (including phenoxy) is 3. The molecular weight excluding hydrogens is 282 g/mol. The lowest BCUT2D eigenvalue weighted by molar-refractivity contribution is -0.0260. The standard InChI is InChI=1S/C17H25NO4/c1-2-14(21-5-1)8-18-9-17(15-11-20-12-16(15)18)22-10-13-3-6-19-7-4-13/h1-2,5,13,15-17H,3-4,6-12H2/t15-,16+,17+/m1/s1. The zero-order valence-corrected chi connectivity index (χ0v) is 13.0. The van der Waals surface area contributed by atoms with Crippen LogP contribution in [0.1, 0.15) is 18.6 Å². The summed E-state index contributed by atoms with van der Waals surface area (Å²) in [5.41, 5.74) is 0. The van der Waals surface area contributed by atoms with Crippen LogP contribution >= 0.6 is 0 Å². The van der Waals surface area contributed by atoms with Gasteiger partial charge in [-0.05, 0) is 30.9 Å². The summed E-state index contributed by atoms with van der Waals surface area (Å²) >= 11 is 0. The highest BCUT2D eigenvalue weighted by molar-refractivity contribution is 5.03. The highest BCUT2D eigenvalue weighted by Crippen LogP contribution is 2.33. The minimum atomic E-state index is 0.297. The summed E-state index contributed by atoms with van der Waals surface area (Å²) in [6.45, 7) is 6.14. The maximum Gasteiger partial charge on any atom is 0.117 e. The molecule has 4 rings (SSSR count). The summed E-state index contributed by atoms with van der Waals surface area (Å²) in [4.78, 5) is 2.46. The molecule has 0 amide bonds. The zero-order chi connectivity index (χ0) is 14.8. The van der Waals surface area contributed by atoms with E-state index in [0.717, 1.165) is 64.7 Å². The molecule has 1 aromatic heterocycles. The Bertz CT molecular complexity index is 457. The third kappa shape index (κ3) is 3.08. The fraction of sp³-hybridized carbons (Fsp3) is 0.765. The van der Waals surface area contributed by atoms with Gasteiger partial charge in [0, 0.05) is 31.7 Å². The number of hydrogen-bond acceptors (Lipinski definition) is 5. The second-order valence-electron chi connectivity index (χ2n) is 6.70. The first-order chi connectivity index (χ1) is 10.9. The molecule has 3 atom stereocenters. The van der Waals surface area contributed by atoms with E-state index < -0.39 is 0 Å². The van der Waals surface area contributed by atoms with E-state index in [9.17, 15) is 0 Å². The normalized spacial score (nSPS) is 33.4. The van der Waals surface area contributed by atoms with Crippen molar-refractivity contribution in [3.63, 3.8) is 0 Å². The SMILES string of the molecule is c1coc(CN2C[C@H](OCC3CCOCC3)[C@@H]3COC[C@@H]32)c1. The first-order valence-electron chi connectivity index (χ1n) is 8.43. The Hall–Kier alpha value is -0.880. The zero-order valence-electron chi connectivity index (χ0n) is 13.0. The Labute approximate surface area is 131 Å². The van der Waals surface area contributed by atoms with E-state index in [0.29, 0.717) is 24.0 Å². The van der Waals surface area contributed by atoms with Gasteiger partial charge in [0.25, 0.3) is 0 Å². The van der Waals surface area contributed by atoms with Gasteiger partial charge < -0.3 is 18.6 Å². The van der Waals surface area contributed by atoms with Gasteiger partial charge >= 0.3 is 0 Å². The van der Waals surface area contributed by atoms with Crippen LogP contribution in [0.4, 0.5) is 0 Å². The molecule has 0 spiro atoms. The number of nitrogens with zero attached hydrogens (tertiary/aromatic N) is 1. The number of fused-ring (bicyclic) bond motifs is 1. The minimum absolute atomic E-state index is 0.297. The van der Waals surface area contributed by atoms with E-state index in [1.165, 1.54) is 0 Å². The second-order valence-corrected chi connectivity index (χ2v) is 6.70. The Morgan fingerprint density at radius 2 is 2.09 bits per heavy atom. The smallest absolute Gasteiger partial charge is 0.117 e. The number of furan rings is 1. The number of hydrogen-bond donors (Lipinski definition) is 0. The molecule has 0 unspecified atom stereocenters. The van der Waals surface area contributed by atoms with Crippen LogP contribution in [0.3, 0.4) is 0 Å². The van der Waals surface area contributed by atoms with Crippen molar-refractivity contribution in [3.8, 4) is 0 Å². The van der Waals surface area contributed by atoms with Crippen LogP contribution in [0.2, 0.25) is 0 Å². The third-order valence-corrected chi connectivity index (χ3v) is 5.28. The Balaban J connectivity index is 1.34. The lowest BCUT2D eigenvalue weighted by Crippen LogP contribution is -2.32. The van der Waals surface area contributed by atoms with Gasteiger partial charge in [-0.1, -0.05) is 0 Å². The Kier molecular flexibility index (Phi) is 4.48. The minimum Gasteiger partial charge on any atom is -0.468 e. The molecule has 122 valence electrons. The van der Waals surface area contributed by atoms with Gasteiger partial charge in [-0.25, -0.2) is 0 Å². The van der Waals surface area contributed by atoms with E-state index in [1.54, 1.807) is 6.26 Å². The highest BCUT2D eigenvalue weighted by Gasteiger charge is 2.46. The van der Waals surface area contributed by atoms with Crippen molar-refractivity contribution in [1.82, 2.24) is 4.90 Å². The predicted molar refractivity (Wildman–Crippen MR) is 80.5 cm³/mol. The van der Waals surface area contributed by atoms with E-state index in [1.807, 2.05) is 12.1 Å². The molecule has 5 nitrogen and oxygen atoms in total. The quantitative estimate of drug-likeness (QED) is 0.831. The summed E-state index contributed by atoms with van der Waals surface area (Å²) in [5, 5.41) is 0. The number of likely N-dealkylation sites (tertiary alicyclic amines) is 1. The fourth-order valence-corrected chi connectivity index (χ4v) is 3.93. The molecule has 0 bridgehead atoms. The highest BCUT2D eigenvalue weighted by atomic mass is 16.5. The topological polar surface area (TPSA) is 44.1 Å². The maximum absolute atomic E-state index is 6.30. The molecule has 3 aliphatic rings. The monoisotopic (exact) mass is 307 g/mol. The van der Waals surface area contributed by atoms with E-state index in [-0.39, 0.29) is 0 Å². The fourth-order valence-electron chi connectivity index (χ4n) is 3.93. The largest absolute Gasteiger partial charge is 0.468 e. The van der Waals surface area contributed by atoms with Gasteiger partial charge in [0.1, 0.15) is 5.76 Å². The summed E-state index contributed by atoms with van der Waals surface area (Å²) in [6.07, 6.45) is 4.30. The van der Waals surface area contributed by atoms with Crippen molar-refractivity contribution >= 4 is 0 Å². The average molecular weight is 307 g/mol. The van der Waals surface area contributed by atoms with Crippen molar-refractivity contribution in [2.24, 2.45) is 11.8 Å². The molecule has 22 heavy (non-hydrogen) atoms. The van der Waals surface area contributed by atoms with Crippen LogP contribution in [-0.4, -0.2) is 56.6 Å². The van der Waals surface area contributed by atoms with Gasteiger partial charge in [0.05, 0.1) is 38.7 Å². The molecule has 0 saturated carbocycles. The molecule has 5 heteroatoms. The van der Waals surface area contributed by atoms with Crippen LogP contribution in [-0.2, 0) is 20.8 Å². The molecule has 3 fully saturated rings. The van der Waals surface area contributed by atoms with Gasteiger partial charge in [-0.15, -0.1) is 0 Å². The van der Waals surface area contributed by atoms with Crippen LogP contribution in [0.25, 0.3) is 0 Å². The average Bonchev–Trinajstić information content (AvgIpc) is 3.26. The van der Waals surface area contributed by atoms with E-state index in [2.05, 4.69) is 4.90 Å². The molecule has 3 saturated heterocycles. The molecular formula is C17H25NO4. The second kappa shape index (κ2) is 6.71. The molecule has 4 heterocycles. The molecule has 0 N–H and O–H groups in total. The molecule has 0 radical (unpaired) electrons. The van der Waals surface area contributed by atoms with Crippen molar-refractivity contribution < 1.29 is 18.6 Å². The van der Waals surface area contributed by atoms with Gasteiger partial charge in [0.2, 0.25) is 0 Å². The predicted octanol–water partition coefficient (Wildman–Crippen LogP) is 1.92. The Morgan fingerprint density at radius 1 is 1.18 bits per heavy atom. The summed E-state index contributed by atoms with van der Waals surface area (Å²) in [6, 6.07) is 4.47. The maximum atomic E-state index is 6.30. The molecule has 0 aromatic carbocycles. The van der Waals surface area contributed by atoms with E-state index >= 15 is 0 Å². The number of rotatable bonds is 5. The van der Waals surface area contributed by atoms with Gasteiger partial charge in [0.15, 0.2) is 0 Å². The summed E-state index contributed by atoms with van der Waals surface area (Å²) < 4.78 is 22.9. The summed E-state index contributed by atoms with van der Waals surface area (Å²) in [5.74, 6) is 2.19.